The molecular weight excluding hydrogens is 613 g/mol. The van der Waals surface area contributed by atoms with Crippen LogP contribution in [-0.2, 0) is 10.9 Å². The number of aromatic nitrogens is 3. The van der Waals surface area contributed by atoms with E-state index >= 15 is 0 Å². The highest BCUT2D eigenvalue weighted by Crippen LogP contribution is 2.35. The highest BCUT2D eigenvalue weighted by Gasteiger charge is 2.33. The molecule has 1 saturated heterocycles. The molecule has 0 unspecified atom stereocenters. The average molecular weight is 659 g/mol. The first kappa shape index (κ1) is 34.5. The van der Waals surface area contributed by atoms with Gasteiger partial charge >= 0.3 is 12.3 Å². The molecule has 1 aromatic carbocycles. The second-order valence-electron chi connectivity index (χ2n) is 13.7. The molecule has 2 fully saturated rings. The number of alkyl halides is 3. The minimum atomic E-state index is -4.65. The van der Waals surface area contributed by atoms with Crippen LogP contribution in [0.5, 0.6) is 5.75 Å². The minimum Gasteiger partial charge on any atom is -0.494 e. The summed E-state index contributed by atoms with van der Waals surface area (Å²) in [5.74, 6) is 0.815. The SMILES string of the molecule is COc1cc2nn([C@H]3CC[C@H](CNCCC4CCN(C(=O)OC(C)(C)C)CC4)CC3)cc2cc1NC(=O)c1cccc(C(F)(F)F)n1. The summed E-state index contributed by atoms with van der Waals surface area (Å²) in [7, 11) is 1.46. The summed E-state index contributed by atoms with van der Waals surface area (Å²) in [6.45, 7) is 9.16. The fraction of sp³-hybridized carbons (Fsp3) is 0.588. The van der Waals surface area contributed by atoms with Gasteiger partial charge < -0.3 is 25.0 Å². The molecule has 1 aliphatic heterocycles. The Balaban J connectivity index is 1.08. The van der Waals surface area contributed by atoms with Gasteiger partial charge in [-0.15, -0.1) is 0 Å². The fourth-order valence-electron chi connectivity index (χ4n) is 6.39. The largest absolute Gasteiger partial charge is 0.494 e. The Labute approximate surface area is 273 Å². The first-order valence-electron chi connectivity index (χ1n) is 16.4. The number of anilines is 1. The van der Waals surface area contributed by atoms with Gasteiger partial charge in [0, 0.05) is 30.7 Å². The zero-order valence-electron chi connectivity index (χ0n) is 27.5. The topological polar surface area (TPSA) is 111 Å². The van der Waals surface area contributed by atoms with Crippen molar-refractivity contribution in [2.75, 3.05) is 38.6 Å². The number of piperidine rings is 1. The van der Waals surface area contributed by atoms with Crippen molar-refractivity contribution in [2.45, 2.75) is 83.5 Å². The van der Waals surface area contributed by atoms with Crippen molar-refractivity contribution in [1.29, 1.82) is 0 Å². The number of rotatable bonds is 9. The van der Waals surface area contributed by atoms with E-state index in [1.807, 2.05) is 36.5 Å². The summed E-state index contributed by atoms with van der Waals surface area (Å²) in [6.07, 6.45) is 4.42. The Bertz CT molecular complexity index is 1540. The molecule has 2 aliphatic rings. The molecule has 256 valence electrons. The monoisotopic (exact) mass is 658 g/mol. The predicted octanol–water partition coefficient (Wildman–Crippen LogP) is 7.07. The Hall–Kier alpha value is -3.87. The predicted molar refractivity (Wildman–Crippen MR) is 172 cm³/mol. The lowest BCUT2D eigenvalue weighted by atomic mass is 9.86. The molecule has 3 heterocycles. The van der Waals surface area contributed by atoms with Crippen molar-refractivity contribution in [3.8, 4) is 5.75 Å². The van der Waals surface area contributed by atoms with Gasteiger partial charge in [0.2, 0.25) is 0 Å². The number of halogens is 3. The summed E-state index contributed by atoms with van der Waals surface area (Å²) in [5, 5.41) is 11.9. The van der Waals surface area contributed by atoms with Gasteiger partial charge in [-0.2, -0.15) is 18.3 Å². The molecular formula is C34H45F3N6O4. The molecule has 5 rings (SSSR count). The summed E-state index contributed by atoms with van der Waals surface area (Å²) in [5.41, 5.74) is -0.910. The van der Waals surface area contributed by atoms with E-state index in [0.717, 1.165) is 88.6 Å². The van der Waals surface area contributed by atoms with Gasteiger partial charge in [-0.05, 0) is 109 Å². The lowest BCUT2D eigenvalue weighted by molar-refractivity contribution is -0.141. The molecule has 13 heteroatoms. The van der Waals surface area contributed by atoms with Crippen LogP contribution in [0.25, 0.3) is 10.9 Å². The normalized spacial score (nSPS) is 19.5. The summed E-state index contributed by atoms with van der Waals surface area (Å²) in [4.78, 5) is 30.4. The van der Waals surface area contributed by atoms with Gasteiger partial charge in [0.05, 0.1) is 24.4 Å². The van der Waals surface area contributed by atoms with Crippen LogP contribution >= 0.6 is 0 Å². The number of nitrogens with zero attached hydrogens (tertiary/aromatic N) is 4. The highest BCUT2D eigenvalue weighted by molar-refractivity contribution is 6.05. The molecule has 0 atom stereocenters. The average Bonchev–Trinajstić information content (AvgIpc) is 3.45. The third-order valence-electron chi connectivity index (χ3n) is 8.98. The standard InChI is InChI=1S/C34H45F3N6O4/c1-33(2,3)47-32(45)42-16-13-22(14-17-42)12-15-38-20-23-8-10-25(11-9-23)43-21-24-18-28(29(46-4)19-27(24)41-43)40-31(44)26-6-5-7-30(39-26)34(35,36)37/h5-7,18-19,21-23,25,38H,8-17,20H2,1-4H3,(H,40,44)/t23-,25-. The molecule has 10 nitrogen and oxygen atoms in total. The quantitative estimate of drug-likeness (QED) is 0.237. The van der Waals surface area contributed by atoms with Crippen molar-refractivity contribution in [1.82, 2.24) is 25.0 Å². The molecule has 3 aromatic rings. The lowest BCUT2D eigenvalue weighted by Gasteiger charge is -2.33. The molecule has 47 heavy (non-hydrogen) atoms. The van der Waals surface area contributed by atoms with Crippen LogP contribution < -0.4 is 15.4 Å². The zero-order valence-corrected chi connectivity index (χ0v) is 27.5. The van der Waals surface area contributed by atoms with E-state index in [4.69, 9.17) is 14.6 Å². The number of hydrogen-bond acceptors (Lipinski definition) is 7. The minimum absolute atomic E-state index is 0.212. The maximum Gasteiger partial charge on any atom is 0.433 e. The molecule has 2 amide bonds. The maximum atomic E-state index is 13.1. The third kappa shape index (κ3) is 9.15. The summed E-state index contributed by atoms with van der Waals surface area (Å²) >= 11 is 0. The van der Waals surface area contributed by atoms with Crippen LogP contribution in [0.2, 0.25) is 0 Å². The number of fused-ring (bicyclic) bond motifs is 1. The van der Waals surface area contributed by atoms with E-state index in [0.29, 0.717) is 28.8 Å². The van der Waals surface area contributed by atoms with Gasteiger partial charge in [-0.3, -0.25) is 9.48 Å². The molecule has 2 N–H and O–H groups in total. The van der Waals surface area contributed by atoms with Crippen molar-refractivity contribution < 1.29 is 32.2 Å². The maximum absolute atomic E-state index is 13.1. The number of ether oxygens (including phenoxy) is 2. The molecule has 1 aliphatic carbocycles. The van der Waals surface area contributed by atoms with Crippen LogP contribution in [0.1, 0.15) is 87.9 Å². The Morgan fingerprint density at radius 1 is 1.00 bits per heavy atom. The second-order valence-corrected chi connectivity index (χ2v) is 13.7. The molecule has 0 radical (unpaired) electrons. The van der Waals surface area contributed by atoms with Crippen LogP contribution in [0, 0.1) is 11.8 Å². The van der Waals surface area contributed by atoms with Crippen LogP contribution in [0.3, 0.4) is 0 Å². The van der Waals surface area contributed by atoms with Crippen molar-refractivity contribution in [2.24, 2.45) is 11.8 Å². The van der Waals surface area contributed by atoms with E-state index < -0.39 is 23.4 Å². The zero-order chi connectivity index (χ0) is 33.8. The van der Waals surface area contributed by atoms with Crippen LogP contribution in [-0.4, -0.2) is 70.6 Å². The number of benzene rings is 1. The first-order chi connectivity index (χ1) is 22.3. The Morgan fingerprint density at radius 3 is 2.38 bits per heavy atom. The van der Waals surface area contributed by atoms with Gasteiger partial charge in [0.15, 0.2) is 0 Å². The number of nitrogens with one attached hydrogen (secondary N) is 2. The number of methoxy groups -OCH3 is 1. The second kappa shape index (κ2) is 14.5. The van der Waals surface area contributed by atoms with E-state index in [1.54, 1.807) is 12.1 Å². The number of amides is 2. The number of hydrogen-bond donors (Lipinski definition) is 2. The number of likely N-dealkylation sites (tertiary alicyclic amines) is 1. The van der Waals surface area contributed by atoms with Gasteiger partial charge in [-0.1, -0.05) is 6.07 Å². The van der Waals surface area contributed by atoms with E-state index in [9.17, 15) is 22.8 Å². The lowest BCUT2D eigenvalue weighted by Crippen LogP contribution is -2.42. The van der Waals surface area contributed by atoms with Crippen LogP contribution in [0.15, 0.2) is 36.5 Å². The van der Waals surface area contributed by atoms with Gasteiger partial charge in [-0.25, -0.2) is 9.78 Å². The molecule has 1 saturated carbocycles. The smallest absolute Gasteiger partial charge is 0.433 e. The molecule has 0 spiro atoms. The van der Waals surface area contributed by atoms with Crippen molar-refractivity contribution >= 4 is 28.6 Å². The van der Waals surface area contributed by atoms with E-state index in [1.165, 1.54) is 13.2 Å². The fourth-order valence-corrected chi connectivity index (χ4v) is 6.39. The van der Waals surface area contributed by atoms with Gasteiger partial charge in [0.25, 0.3) is 5.91 Å². The van der Waals surface area contributed by atoms with E-state index in [2.05, 4.69) is 15.6 Å². The number of pyridine rings is 1. The van der Waals surface area contributed by atoms with Gasteiger partial charge in [0.1, 0.15) is 22.7 Å². The van der Waals surface area contributed by atoms with Crippen molar-refractivity contribution in [3.05, 3.63) is 47.9 Å². The number of carbonyl (C=O) groups excluding carboxylic acids is 2. The summed E-state index contributed by atoms with van der Waals surface area (Å²) in [6, 6.07) is 6.91. The van der Waals surface area contributed by atoms with E-state index in [-0.39, 0.29) is 17.8 Å². The first-order valence-corrected chi connectivity index (χ1v) is 16.4. The third-order valence-corrected chi connectivity index (χ3v) is 8.98. The van der Waals surface area contributed by atoms with Crippen LogP contribution in [0.4, 0.5) is 23.7 Å². The Kier molecular flexibility index (Phi) is 10.6. The summed E-state index contributed by atoms with van der Waals surface area (Å²) < 4.78 is 52.2. The number of carbonyl (C=O) groups is 2. The molecule has 0 bridgehead atoms. The van der Waals surface area contributed by atoms with Crippen molar-refractivity contribution in [3.63, 3.8) is 0 Å². The molecule has 2 aromatic heterocycles. The Morgan fingerprint density at radius 2 is 1.72 bits per heavy atom. The highest BCUT2D eigenvalue weighted by atomic mass is 19.4.